The largest absolute Gasteiger partial charge is 0.360 e. The summed E-state index contributed by atoms with van der Waals surface area (Å²) < 4.78 is 25.9. The molecule has 2 rings (SSSR count). The Morgan fingerprint density at radius 3 is 2.50 bits per heavy atom. The summed E-state index contributed by atoms with van der Waals surface area (Å²) in [6.07, 6.45) is 0.749. The molecule has 0 bridgehead atoms. The number of carbonyl (C=O) groups excluding carboxylic acids is 1. The molecule has 0 aromatic heterocycles. The SMILES string of the molecule is CCc1ccccc1NC(=O)CN(C)c1ccc(S(=O)(=O)NC)cc1[N+](=O)[O-]. The van der Waals surface area contributed by atoms with Crippen molar-refractivity contribution in [3.8, 4) is 0 Å². The molecule has 2 aromatic rings. The third-order valence-corrected chi connectivity index (χ3v) is 5.60. The van der Waals surface area contributed by atoms with E-state index in [0.29, 0.717) is 5.69 Å². The van der Waals surface area contributed by atoms with Crippen molar-refractivity contribution in [2.75, 3.05) is 30.9 Å². The van der Waals surface area contributed by atoms with E-state index in [0.717, 1.165) is 18.1 Å². The van der Waals surface area contributed by atoms with E-state index in [2.05, 4.69) is 10.0 Å². The summed E-state index contributed by atoms with van der Waals surface area (Å²) in [5.41, 5.74) is 1.40. The maximum absolute atomic E-state index is 12.4. The number of carbonyl (C=O) groups is 1. The van der Waals surface area contributed by atoms with Crippen LogP contribution in [-0.2, 0) is 21.2 Å². The van der Waals surface area contributed by atoms with E-state index in [4.69, 9.17) is 0 Å². The number of nitrogens with one attached hydrogen (secondary N) is 2. The van der Waals surface area contributed by atoms with Crippen molar-refractivity contribution in [2.24, 2.45) is 0 Å². The molecule has 0 unspecified atom stereocenters. The number of nitro benzene ring substituents is 1. The Morgan fingerprint density at radius 1 is 1.21 bits per heavy atom. The van der Waals surface area contributed by atoms with Gasteiger partial charge in [-0.15, -0.1) is 0 Å². The first-order chi connectivity index (χ1) is 13.2. The summed E-state index contributed by atoms with van der Waals surface area (Å²) in [5, 5.41) is 14.2. The molecule has 10 heteroatoms. The number of nitro groups is 1. The minimum atomic E-state index is -3.82. The van der Waals surface area contributed by atoms with Crippen molar-refractivity contribution in [2.45, 2.75) is 18.2 Å². The Labute approximate surface area is 163 Å². The standard InChI is InChI=1S/C18H22N4O5S/c1-4-13-7-5-6-8-15(13)20-18(23)12-21(3)16-10-9-14(28(26,27)19-2)11-17(16)22(24)25/h5-11,19H,4,12H2,1-3H3,(H,20,23). The Morgan fingerprint density at radius 2 is 1.89 bits per heavy atom. The highest BCUT2D eigenvalue weighted by atomic mass is 32.2. The fourth-order valence-corrected chi connectivity index (χ4v) is 3.45. The summed E-state index contributed by atoms with van der Waals surface area (Å²) in [6, 6.07) is 10.9. The summed E-state index contributed by atoms with van der Waals surface area (Å²) in [4.78, 5) is 24.3. The van der Waals surface area contributed by atoms with Crippen LogP contribution in [0.15, 0.2) is 47.4 Å². The number of rotatable bonds is 8. The maximum Gasteiger partial charge on any atom is 0.293 e. The summed E-state index contributed by atoms with van der Waals surface area (Å²) in [6.45, 7) is 1.83. The van der Waals surface area contributed by atoms with Gasteiger partial charge >= 0.3 is 0 Å². The van der Waals surface area contributed by atoms with Gasteiger partial charge in [0.25, 0.3) is 5.69 Å². The van der Waals surface area contributed by atoms with Gasteiger partial charge < -0.3 is 10.2 Å². The van der Waals surface area contributed by atoms with Crippen LogP contribution >= 0.6 is 0 Å². The Hall–Kier alpha value is -2.98. The third kappa shape index (κ3) is 4.84. The monoisotopic (exact) mass is 406 g/mol. The Bertz CT molecular complexity index is 991. The van der Waals surface area contributed by atoms with Crippen LogP contribution in [-0.4, -0.2) is 39.9 Å². The number of nitrogens with zero attached hydrogens (tertiary/aromatic N) is 2. The molecule has 0 aliphatic rings. The normalized spacial score (nSPS) is 11.1. The molecule has 1 amide bonds. The highest BCUT2D eigenvalue weighted by Crippen LogP contribution is 2.30. The number of anilines is 2. The smallest absolute Gasteiger partial charge is 0.293 e. The first kappa shape index (κ1) is 21.3. The van der Waals surface area contributed by atoms with E-state index in [1.165, 1.54) is 31.1 Å². The van der Waals surface area contributed by atoms with Gasteiger partial charge in [0.15, 0.2) is 0 Å². The molecule has 0 saturated heterocycles. The molecule has 0 aliphatic heterocycles. The van der Waals surface area contributed by atoms with Crippen LogP contribution in [0.3, 0.4) is 0 Å². The molecule has 150 valence electrons. The van der Waals surface area contributed by atoms with Crippen molar-refractivity contribution in [3.63, 3.8) is 0 Å². The van der Waals surface area contributed by atoms with Crippen LogP contribution in [0.5, 0.6) is 0 Å². The molecular formula is C18H22N4O5S. The predicted molar refractivity (Wildman–Crippen MR) is 107 cm³/mol. The van der Waals surface area contributed by atoms with E-state index < -0.39 is 20.6 Å². The lowest BCUT2D eigenvalue weighted by Crippen LogP contribution is -2.31. The Balaban J connectivity index is 2.24. The molecule has 28 heavy (non-hydrogen) atoms. The zero-order valence-electron chi connectivity index (χ0n) is 15.8. The van der Waals surface area contributed by atoms with Gasteiger partial charge in [0.05, 0.1) is 16.4 Å². The zero-order valence-corrected chi connectivity index (χ0v) is 16.6. The molecule has 0 atom stereocenters. The Kier molecular flexibility index (Phi) is 6.71. The molecule has 0 saturated carbocycles. The number of likely N-dealkylation sites (N-methyl/N-ethyl adjacent to an activating group) is 1. The van der Waals surface area contributed by atoms with Gasteiger partial charge in [0.2, 0.25) is 15.9 Å². The second-order valence-electron chi connectivity index (χ2n) is 6.03. The van der Waals surface area contributed by atoms with Crippen molar-refractivity contribution in [3.05, 3.63) is 58.1 Å². The minimum absolute atomic E-state index is 0.138. The van der Waals surface area contributed by atoms with Gasteiger partial charge in [-0.25, -0.2) is 13.1 Å². The number of aryl methyl sites for hydroxylation is 1. The lowest BCUT2D eigenvalue weighted by atomic mass is 10.1. The van der Waals surface area contributed by atoms with Crippen LogP contribution in [0.25, 0.3) is 0 Å². The minimum Gasteiger partial charge on any atom is -0.360 e. The lowest BCUT2D eigenvalue weighted by Gasteiger charge is -2.19. The van der Waals surface area contributed by atoms with E-state index in [-0.39, 0.29) is 23.0 Å². The van der Waals surface area contributed by atoms with Gasteiger partial charge in [0.1, 0.15) is 5.69 Å². The van der Waals surface area contributed by atoms with Crippen LogP contribution in [0.1, 0.15) is 12.5 Å². The van der Waals surface area contributed by atoms with E-state index in [1.807, 2.05) is 25.1 Å². The van der Waals surface area contributed by atoms with E-state index in [9.17, 15) is 23.3 Å². The molecule has 0 heterocycles. The van der Waals surface area contributed by atoms with Crippen molar-refractivity contribution < 1.29 is 18.1 Å². The first-order valence-electron chi connectivity index (χ1n) is 8.50. The second kappa shape index (κ2) is 8.81. The fraction of sp³-hybridized carbons (Fsp3) is 0.278. The number of hydrogen-bond donors (Lipinski definition) is 2. The number of hydrogen-bond acceptors (Lipinski definition) is 6. The van der Waals surface area contributed by atoms with Crippen LogP contribution in [0.4, 0.5) is 17.1 Å². The van der Waals surface area contributed by atoms with Crippen molar-refractivity contribution >= 4 is 33.0 Å². The molecular weight excluding hydrogens is 384 g/mol. The summed E-state index contributed by atoms with van der Waals surface area (Å²) in [5.74, 6) is -0.343. The van der Waals surface area contributed by atoms with Crippen molar-refractivity contribution in [1.82, 2.24) is 4.72 Å². The highest BCUT2D eigenvalue weighted by molar-refractivity contribution is 7.89. The first-order valence-corrected chi connectivity index (χ1v) is 9.98. The maximum atomic E-state index is 12.4. The van der Waals surface area contributed by atoms with Gasteiger partial charge in [-0.1, -0.05) is 25.1 Å². The van der Waals surface area contributed by atoms with E-state index >= 15 is 0 Å². The molecule has 0 fully saturated rings. The van der Waals surface area contributed by atoms with Gasteiger partial charge in [0, 0.05) is 18.8 Å². The van der Waals surface area contributed by atoms with E-state index in [1.54, 1.807) is 6.07 Å². The zero-order chi connectivity index (χ0) is 20.9. The molecule has 0 radical (unpaired) electrons. The van der Waals surface area contributed by atoms with Gasteiger partial charge in [-0.2, -0.15) is 0 Å². The average Bonchev–Trinajstić information content (AvgIpc) is 2.67. The topological polar surface area (TPSA) is 122 Å². The molecule has 2 aromatic carbocycles. The van der Waals surface area contributed by atoms with Crippen LogP contribution < -0.4 is 14.9 Å². The second-order valence-corrected chi connectivity index (χ2v) is 7.92. The summed E-state index contributed by atoms with van der Waals surface area (Å²) >= 11 is 0. The molecule has 0 aliphatic carbocycles. The fourth-order valence-electron chi connectivity index (χ4n) is 2.70. The number of para-hydroxylation sites is 1. The average molecular weight is 406 g/mol. The van der Waals surface area contributed by atoms with Gasteiger partial charge in [-0.05, 0) is 37.2 Å². The molecule has 0 spiro atoms. The van der Waals surface area contributed by atoms with Crippen LogP contribution in [0.2, 0.25) is 0 Å². The van der Waals surface area contributed by atoms with Crippen LogP contribution in [0, 0.1) is 10.1 Å². The summed E-state index contributed by atoms with van der Waals surface area (Å²) in [7, 11) is -1.07. The molecule has 9 nitrogen and oxygen atoms in total. The quantitative estimate of drug-likeness (QED) is 0.512. The molecule has 2 N–H and O–H groups in total. The lowest BCUT2D eigenvalue weighted by molar-refractivity contribution is -0.384. The predicted octanol–water partition coefficient (Wildman–Crippen LogP) is 2.14. The number of benzene rings is 2. The number of sulfonamides is 1. The number of amides is 1. The van der Waals surface area contributed by atoms with Gasteiger partial charge in [-0.3, -0.25) is 14.9 Å². The third-order valence-electron chi connectivity index (χ3n) is 4.19. The van der Waals surface area contributed by atoms with Crippen molar-refractivity contribution in [1.29, 1.82) is 0 Å². The highest BCUT2D eigenvalue weighted by Gasteiger charge is 2.23.